The summed E-state index contributed by atoms with van der Waals surface area (Å²) in [5, 5.41) is 0. The van der Waals surface area contributed by atoms with E-state index in [1.807, 2.05) is 47.4 Å². The van der Waals surface area contributed by atoms with Crippen LogP contribution in [0.15, 0.2) is 54.6 Å². The van der Waals surface area contributed by atoms with Crippen LogP contribution in [0.25, 0.3) is 0 Å². The molecular formula is C20H24N2O2. The number of likely N-dealkylation sites (tertiary alicyclic amines) is 1. The Morgan fingerprint density at radius 1 is 1.08 bits per heavy atom. The van der Waals surface area contributed by atoms with Crippen molar-refractivity contribution in [1.82, 2.24) is 4.90 Å². The number of amides is 1. The minimum Gasteiger partial charge on any atom is -0.399 e. The van der Waals surface area contributed by atoms with Crippen LogP contribution in [0.3, 0.4) is 0 Å². The van der Waals surface area contributed by atoms with E-state index >= 15 is 0 Å². The second-order valence-electron chi connectivity index (χ2n) is 6.41. The molecule has 1 unspecified atom stereocenters. The number of nitrogens with zero attached hydrogens (tertiary/aromatic N) is 1. The SMILES string of the molecule is Nc1ccc(CC(=O)N2CCC(COCc3ccccc3)C2)cc1. The summed E-state index contributed by atoms with van der Waals surface area (Å²) in [4.78, 5) is 14.3. The molecule has 3 rings (SSSR count). The van der Waals surface area contributed by atoms with Crippen molar-refractivity contribution in [3.8, 4) is 0 Å². The Bertz CT molecular complexity index is 655. The number of rotatable bonds is 6. The van der Waals surface area contributed by atoms with E-state index in [1.165, 1.54) is 5.56 Å². The minimum atomic E-state index is 0.185. The van der Waals surface area contributed by atoms with Gasteiger partial charge in [0, 0.05) is 24.7 Å². The summed E-state index contributed by atoms with van der Waals surface area (Å²) < 4.78 is 5.81. The largest absolute Gasteiger partial charge is 0.399 e. The first-order valence-corrected chi connectivity index (χ1v) is 8.44. The maximum Gasteiger partial charge on any atom is 0.227 e. The van der Waals surface area contributed by atoms with Gasteiger partial charge in [0.2, 0.25) is 5.91 Å². The number of carbonyl (C=O) groups is 1. The molecule has 4 nitrogen and oxygen atoms in total. The zero-order valence-corrected chi connectivity index (χ0v) is 13.9. The Balaban J connectivity index is 1.41. The van der Waals surface area contributed by atoms with Crippen molar-refractivity contribution in [2.75, 3.05) is 25.4 Å². The molecule has 24 heavy (non-hydrogen) atoms. The van der Waals surface area contributed by atoms with Crippen LogP contribution in [-0.2, 0) is 22.6 Å². The van der Waals surface area contributed by atoms with Crippen molar-refractivity contribution in [1.29, 1.82) is 0 Å². The van der Waals surface area contributed by atoms with Crippen molar-refractivity contribution in [2.24, 2.45) is 5.92 Å². The third-order valence-electron chi connectivity index (χ3n) is 4.44. The average Bonchev–Trinajstić information content (AvgIpc) is 3.07. The van der Waals surface area contributed by atoms with E-state index in [9.17, 15) is 4.79 Å². The number of ether oxygens (including phenoxy) is 1. The molecule has 1 aliphatic heterocycles. The van der Waals surface area contributed by atoms with Gasteiger partial charge in [-0.1, -0.05) is 42.5 Å². The standard InChI is InChI=1S/C20H24N2O2/c21-19-8-6-16(7-9-19)12-20(23)22-11-10-18(13-22)15-24-14-17-4-2-1-3-5-17/h1-9,18H,10-15,21H2. The summed E-state index contributed by atoms with van der Waals surface area (Å²) in [6, 6.07) is 17.7. The second kappa shape index (κ2) is 7.97. The number of hydrogen-bond acceptors (Lipinski definition) is 3. The highest BCUT2D eigenvalue weighted by atomic mass is 16.5. The van der Waals surface area contributed by atoms with E-state index in [1.54, 1.807) is 0 Å². The van der Waals surface area contributed by atoms with E-state index in [4.69, 9.17) is 10.5 Å². The molecule has 1 aliphatic rings. The molecule has 0 saturated carbocycles. The molecule has 0 aromatic heterocycles. The summed E-state index contributed by atoms with van der Waals surface area (Å²) in [6.07, 6.45) is 1.46. The van der Waals surface area contributed by atoms with Crippen molar-refractivity contribution in [3.63, 3.8) is 0 Å². The first-order valence-electron chi connectivity index (χ1n) is 8.44. The van der Waals surface area contributed by atoms with Crippen LogP contribution in [0.2, 0.25) is 0 Å². The fourth-order valence-electron chi connectivity index (χ4n) is 3.03. The summed E-state index contributed by atoms with van der Waals surface area (Å²) in [6.45, 7) is 2.97. The van der Waals surface area contributed by atoms with Crippen LogP contribution in [-0.4, -0.2) is 30.5 Å². The van der Waals surface area contributed by atoms with Gasteiger partial charge < -0.3 is 15.4 Å². The fourth-order valence-corrected chi connectivity index (χ4v) is 3.03. The van der Waals surface area contributed by atoms with E-state index in [0.717, 1.165) is 30.8 Å². The molecule has 1 amide bonds. The zero-order chi connectivity index (χ0) is 16.8. The Morgan fingerprint density at radius 3 is 2.58 bits per heavy atom. The number of benzene rings is 2. The molecule has 0 bridgehead atoms. The van der Waals surface area contributed by atoms with Gasteiger partial charge >= 0.3 is 0 Å². The van der Waals surface area contributed by atoms with Gasteiger partial charge in [-0.05, 0) is 29.7 Å². The van der Waals surface area contributed by atoms with E-state index in [2.05, 4.69) is 12.1 Å². The molecule has 1 atom stereocenters. The average molecular weight is 324 g/mol. The molecule has 1 fully saturated rings. The highest BCUT2D eigenvalue weighted by Gasteiger charge is 2.26. The van der Waals surface area contributed by atoms with Gasteiger partial charge in [0.15, 0.2) is 0 Å². The lowest BCUT2D eigenvalue weighted by Crippen LogP contribution is -2.30. The monoisotopic (exact) mass is 324 g/mol. The highest BCUT2D eigenvalue weighted by Crippen LogP contribution is 2.18. The topological polar surface area (TPSA) is 55.6 Å². The van der Waals surface area contributed by atoms with Crippen LogP contribution in [0.5, 0.6) is 0 Å². The van der Waals surface area contributed by atoms with Gasteiger partial charge in [-0.25, -0.2) is 0 Å². The summed E-state index contributed by atoms with van der Waals surface area (Å²) in [7, 11) is 0. The minimum absolute atomic E-state index is 0.185. The van der Waals surface area contributed by atoms with Gasteiger partial charge in [-0.15, -0.1) is 0 Å². The maximum absolute atomic E-state index is 12.4. The predicted octanol–water partition coefficient (Wildman–Crippen LogP) is 2.88. The molecule has 4 heteroatoms. The molecule has 2 N–H and O–H groups in total. The lowest BCUT2D eigenvalue weighted by Gasteiger charge is -2.17. The zero-order valence-electron chi connectivity index (χ0n) is 13.9. The first-order chi connectivity index (χ1) is 11.7. The number of hydrogen-bond donors (Lipinski definition) is 1. The predicted molar refractivity (Wildman–Crippen MR) is 95.3 cm³/mol. The molecule has 1 saturated heterocycles. The molecule has 0 radical (unpaired) electrons. The molecule has 2 aromatic rings. The van der Waals surface area contributed by atoms with Crippen LogP contribution in [0.4, 0.5) is 5.69 Å². The fraction of sp³-hybridized carbons (Fsp3) is 0.350. The van der Waals surface area contributed by atoms with Gasteiger partial charge in [0.05, 0.1) is 19.6 Å². The van der Waals surface area contributed by atoms with Crippen LogP contribution >= 0.6 is 0 Å². The van der Waals surface area contributed by atoms with Gasteiger partial charge in [-0.3, -0.25) is 4.79 Å². The number of nitrogens with two attached hydrogens (primary N) is 1. The Kier molecular flexibility index (Phi) is 5.49. The molecule has 2 aromatic carbocycles. The highest BCUT2D eigenvalue weighted by molar-refractivity contribution is 5.79. The third-order valence-corrected chi connectivity index (χ3v) is 4.44. The second-order valence-corrected chi connectivity index (χ2v) is 6.41. The molecule has 0 spiro atoms. The third kappa shape index (κ3) is 4.59. The van der Waals surface area contributed by atoms with E-state index < -0.39 is 0 Å². The van der Waals surface area contributed by atoms with Crippen molar-refractivity contribution in [3.05, 3.63) is 65.7 Å². The van der Waals surface area contributed by atoms with Gasteiger partial charge in [-0.2, -0.15) is 0 Å². The lowest BCUT2D eigenvalue weighted by atomic mass is 10.1. The molecule has 0 aliphatic carbocycles. The Labute approximate surface area is 143 Å². The molecule has 126 valence electrons. The molecular weight excluding hydrogens is 300 g/mol. The Hall–Kier alpha value is -2.33. The van der Waals surface area contributed by atoms with Crippen LogP contribution in [0, 0.1) is 5.92 Å². The van der Waals surface area contributed by atoms with Crippen molar-refractivity contribution >= 4 is 11.6 Å². The summed E-state index contributed by atoms with van der Waals surface area (Å²) in [5.74, 6) is 0.620. The van der Waals surface area contributed by atoms with Gasteiger partial charge in [0.25, 0.3) is 0 Å². The number of carbonyl (C=O) groups excluding carboxylic acids is 1. The number of nitrogen functional groups attached to an aromatic ring is 1. The normalized spacial score (nSPS) is 17.2. The lowest BCUT2D eigenvalue weighted by molar-refractivity contribution is -0.129. The van der Waals surface area contributed by atoms with E-state index in [0.29, 0.717) is 25.6 Å². The summed E-state index contributed by atoms with van der Waals surface area (Å²) >= 11 is 0. The van der Waals surface area contributed by atoms with Crippen molar-refractivity contribution in [2.45, 2.75) is 19.4 Å². The smallest absolute Gasteiger partial charge is 0.227 e. The van der Waals surface area contributed by atoms with Gasteiger partial charge in [0.1, 0.15) is 0 Å². The van der Waals surface area contributed by atoms with Crippen molar-refractivity contribution < 1.29 is 9.53 Å². The first kappa shape index (κ1) is 16.5. The quantitative estimate of drug-likeness (QED) is 0.831. The van der Waals surface area contributed by atoms with Crippen LogP contribution < -0.4 is 5.73 Å². The summed E-state index contributed by atoms with van der Waals surface area (Å²) in [5.41, 5.74) is 8.60. The molecule has 1 heterocycles. The van der Waals surface area contributed by atoms with Crippen LogP contribution in [0.1, 0.15) is 17.5 Å². The number of anilines is 1. The van der Waals surface area contributed by atoms with E-state index in [-0.39, 0.29) is 5.91 Å². The Morgan fingerprint density at radius 2 is 1.83 bits per heavy atom. The maximum atomic E-state index is 12.4.